The van der Waals surface area contributed by atoms with E-state index in [1.165, 1.54) is 11.1 Å². The molecule has 6 aromatic carbocycles. The Hall–Kier alpha value is -4.74. The van der Waals surface area contributed by atoms with Gasteiger partial charge in [0.15, 0.2) is 0 Å². The minimum atomic E-state index is -6.34. The van der Waals surface area contributed by atoms with Crippen molar-refractivity contribution >= 4 is 57.8 Å². The van der Waals surface area contributed by atoms with Gasteiger partial charge in [-0.15, -0.1) is 0 Å². The van der Waals surface area contributed by atoms with Crippen molar-refractivity contribution in [2.24, 2.45) is 0 Å². The van der Waals surface area contributed by atoms with Gasteiger partial charge in [0.25, 0.3) is 0 Å². The van der Waals surface area contributed by atoms with Gasteiger partial charge in [0.05, 0.1) is 0 Å². The summed E-state index contributed by atoms with van der Waals surface area (Å²) in [5, 5.41) is 6.02. The van der Waals surface area contributed by atoms with Crippen LogP contribution in [0.25, 0.3) is 45.6 Å². The molecule has 0 heterocycles. The van der Waals surface area contributed by atoms with E-state index in [9.17, 15) is 9.59 Å². The molecule has 0 aliphatic heterocycles. The summed E-state index contributed by atoms with van der Waals surface area (Å²) in [5.41, 5.74) is 15.0. The van der Waals surface area contributed by atoms with Gasteiger partial charge in [0.1, 0.15) is 0 Å². The van der Waals surface area contributed by atoms with Crippen LogP contribution in [-0.4, -0.2) is 17.4 Å². The third kappa shape index (κ3) is 6.27. The van der Waals surface area contributed by atoms with Gasteiger partial charge < -0.3 is 0 Å². The van der Waals surface area contributed by atoms with Crippen molar-refractivity contribution in [3.8, 4) is 22.3 Å². The fraction of sp³-hybridized carbons (Fsp3) is 0.125. The van der Waals surface area contributed by atoms with Crippen molar-refractivity contribution < 1.29 is 25.5 Å². The number of fused-ring (bicyclic) bond motifs is 2. The molecule has 277 valence electrons. The molecular weight excluding hydrogens is 897 g/mol. The summed E-state index contributed by atoms with van der Waals surface area (Å²) >= 11 is -6.34. The Morgan fingerprint density at radius 2 is 0.893 bits per heavy atom. The van der Waals surface area contributed by atoms with E-state index in [2.05, 4.69) is 146 Å². The summed E-state index contributed by atoms with van der Waals surface area (Å²) in [6, 6.07) is 50.3. The van der Waals surface area contributed by atoms with Crippen LogP contribution in [0.3, 0.4) is 0 Å². The fourth-order valence-corrected chi connectivity index (χ4v) is 37.7. The predicted molar refractivity (Wildman–Crippen MR) is 232 cm³/mol. The number of allylic oxidation sites excluding steroid dienone is 2. The van der Waals surface area contributed by atoms with Crippen molar-refractivity contribution in [3.05, 3.63) is 190 Å². The normalized spacial score (nSPS) is 16.4. The maximum absolute atomic E-state index is 12.7. The molecule has 6 aromatic rings. The molecule has 2 amide bonds. The van der Waals surface area contributed by atoms with Crippen molar-refractivity contribution in [1.82, 2.24) is 10.5 Å². The van der Waals surface area contributed by atoms with E-state index >= 15 is 0 Å². The van der Waals surface area contributed by atoms with Crippen LogP contribution in [0.4, 0.5) is 0 Å². The second-order valence-electron chi connectivity index (χ2n) is 14.7. The summed E-state index contributed by atoms with van der Waals surface area (Å²) in [7, 11) is 17.7. The first-order valence-corrected chi connectivity index (χ1v) is 34.4. The average Bonchev–Trinajstić information content (AvgIpc) is 3.86. The van der Waals surface area contributed by atoms with Crippen LogP contribution < -0.4 is 10.5 Å². The van der Waals surface area contributed by atoms with Gasteiger partial charge in [-0.25, -0.2) is 0 Å². The van der Waals surface area contributed by atoms with E-state index < -0.39 is 27.8 Å². The van der Waals surface area contributed by atoms with Crippen LogP contribution in [0.2, 0.25) is 0 Å². The number of aryl methyl sites for hydroxylation is 2. The molecular formula is C48H42BCl2HfN2O2. The Morgan fingerprint density at radius 1 is 0.518 bits per heavy atom. The Balaban J connectivity index is 1.48. The van der Waals surface area contributed by atoms with Crippen molar-refractivity contribution in [3.63, 3.8) is 0 Å². The van der Waals surface area contributed by atoms with Gasteiger partial charge >= 0.3 is 340 Å². The Bertz CT molecular complexity index is 2350. The molecule has 0 bridgehead atoms. The average molecular weight is 939 g/mol. The molecule has 56 heavy (non-hydrogen) atoms. The molecule has 2 unspecified atom stereocenters. The molecule has 8 heteroatoms. The van der Waals surface area contributed by atoms with Gasteiger partial charge in [-0.3, -0.25) is 0 Å². The Kier molecular flexibility index (Phi) is 10.7. The number of benzene rings is 6. The van der Waals surface area contributed by atoms with E-state index in [4.69, 9.17) is 17.2 Å². The number of carbonyl (C=O) groups is 2. The van der Waals surface area contributed by atoms with E-state index in [0.717, 1.165) is 79.6 Å². The summed E-state index contributed by atoms with van der Waals surface area (Å²) < 4.78 is -2.16. The van der Waals surface area contributed by atoms with Crippen LogP contribution in [0.5, 0.6) is 0 Å². The first kappa shape index (κ1) is 38.1. The molecule has 0 saturated carbocycles. The number of hydrogen-bond acceptors (Lipinski definition) is 2. The molecule has 8 rings (SSSR count). The molecule has 4 nitrogen and oxygen atoms in total. The quantitative estimate of drug-likeness (QED) is 0.0895. The van der Waals surface area contributed by atoms with Gasteiger partial charge in [-0.1, -0.05) is 0 Å². The predicted octanol–water partition coefficient (Wildman–Crippen LogP) is 11.5. The van der Waals surface area contributed by atoms with Gasteiger partial charge in [0, 0.05) is 0 Å². The second kappa shape index (κ2) is 15.7. The van der Waals surface area contributed by atoms with E-state index in [1.807, 2.05) is 36.4 Å². The zero-order chi connectivity index (χ0) is 38.9. The van der Waals surface area contributed by atoms with Crippen LogP contribution in [0.1, 0.15) is 65.7 Å². The van der Waals surface area contributed by atoms with Crippen LogP contribution >= 0.6 is 17.2 Å². The fourth-order valence-electron chi connectivity index (χ4n) is 9.41. The first-order chi connectivity index (χ1) is 27.3. The molecule has 2 atom stereocenters. The van der Waals surface area contributed by atoms with Gasteiger partial charge in [-0.2, -0.15) is 0 Å². The number of halogens is 2. The number of amides is 2. The zero-order valence-electron chi connectivity index (χ0n) is 31.4. The summed E-state index contributed by atoms with van der Waals surface area (Å²) in [4.78, 5) is 25.5. The van der Waals surface area contributed by atoms with Crippen LogP contribution in [0, 0.1) is 0 Å². The summed E-state index contributed by atoms with van der Waals surface area (Å²) in [5.74, 6) is 0. The van der Waals surface area contributed by atoms with Crippen molar-refractivity contribution in [1.29, 1.82) is 0 Å². The monoisotopic (exact) mass is 939 g/mol. The summed E-state index contributed by atoms with van der Waals surface area (Å²) in [6.45, 7) is 4.35. The molecule has 0 aromatic heterocycles. The topological polar surface area (TPSA) is 58.2 Å². The zero-order valence-corrected chi connectivity index (χ0v) is 36.5. The molecule has 0 saturated heterocycles. The molecule has 0 fully saturated rings. The third-order valence-corrected chi connectivity index (χ3v) is 40.1. The van der Waals surface area contributed by atoms with Crippen LogP contribution in [0.15, 0.2) is 146 Å². The van der Waals surface area contributed by atoms with Crippen LogP contribution in [-0.2, 0) is 38.3 Å². The number of rotatable bonds is 13. The molecule has 2 aliphatic rings. The Labute approximate surface area is 337 Å². The molecule has 0 radical (unpaired) electrons. The number of carbonyl (C=O) groups excluding carboxylic acids is 2. The summed E-state index contributed by atoms with van der Waals surface area (Å²) in [6.07, 6.45) is 7.49. The number of hydrogen-bond donors (Lipinski definition) is 2. The molecule has 0 spiro atoms. The second-order valence-corrected chi connectivity index (χ2v) is 45.1. The van der Waals surface area contributed by atoms with Gasteiger partial charge in [0.2, 0.25) is 0 Å². The first-order valence-electron chi connectivity index (χ1n) is 19.3. The molecule has 2 N–H and O–H groups in total. The number of nitrogens with one attached hydrogen (secondary N) is 2. The minimum absolute atomic E-state index is 0.555. The Morgan fingerprint density at radius 3 is 1.29 bits per heavy atom. The van der Waals surface area contributed by atoms with Crippen molar-refractivity contribution in [2.45, 2.75) is 34.0 Å². The third-order valence-electron chi connectivity index (χ3n) is 11.8. The van der Waals surface area contributed by atoms with E-state index in [1.54, 1.807) is 0 Å². The maximum atomic E-state index is 12.7. The molecule has 2 aliphatic carbocycles. The van der Waals surface area contributed by atoms with E-state index in [0.29, 0.717) is 12.8 Å². The van der Waals surface area contributed by atoms with E-state index in [-0.39, 0.29) is 0 Å². The SMILES string of the molecule is CCc1ccccc1-c1cccc2c1C=C(c1ccccc1)[CH]2[Hf]([Cl])([Cl])([B](NC=O)NC=O)[CH]1C(c2ccccc2)=Cc2c(-c3ccccc3CC)cccc21. The standard InChI is InChI=1S/2C23H19.C2H3BN2O2.2ClH.Hf/c2*1-2-17-9-6-7-13-21(17)22-14-8-12-19-15-20(16-23(19)22)18-10-4-3-5-11-18;6-1-4-3-5-2-7;;;/h2*3-16H,2H2,1H3;1-2H,(H-,4,5,6,7);2*1H;/q;;;;;+1/p-1. The van der Waals surface area contributed by atoms with Crippen molar-refractivity contribution in [2.75, 3.05) is 0 Å². The van der Waals surface area contributed by atoms with Gasteiger partial charge in [-0.05, 0) is 0 Å².